The third kappa shape index (κ3) is 7.03. The fourth-order valence-electron chi connectivity index (χ4n) is 4.62. The molecule has 0 aliphatic carbocycles. The van der Waals surface area contributed by atoms with Crippen LogP contribution in [0.15, 0.2) is 22.4 Å². The largest absolute Gasteiger partial charge is 0.487 e. The van der Waals surface area contributed by atoms with E-state index in [1.807, 2.05) is 34.6 Å². The van der Waals surface area contributed by atoms with Crippen LogP contribution in [0.1, 0.15) is 68.0 Å². The zero-order valence-electron chi connectivity index (χ0n) is 22.7. The minimum atomic E-state index is -3.93. The number of ether oxygens (including phenoxy) is 1. The Hall–Kier alpha value is -3.08. The van der Waals surface area contributed by atoms with E-state index in [0.29, 0.717) is 43.5 Å². The van der Waals surface area contributed by atoms with Crippen LogP contribution in [0.2, 0.25) is 0 Å². The average Bonchev–Trinajstić information content (AvgIpc) is 3.32. The molecule has 5 N–H and O–H groups in total. The van der Waals surface area contributed by atoms with E-state index in [1.54, 1.807) is 19.4 Å². The van der Waals surface area contributed by atoms with Crippen molar-refractivity contribution >= 4 is 21.9 Å². The van der Waals surface area contributed by atoms with E-state index in [-0.39, 0.29) is 28.3 Å². The van der Waals surface area contributed by atoms with E-state index in [1.165, 1.54) is 0 Å². The number of nitrogens with zero attached hydrogens (tertiary/aromatic N) is 2. The van der Waals surface area contributed by atoms with Crippen LogP contribution in [0.5, 0.6) is 5.75 Å². The van der Waals surface area contributed by atoms with Crippen molar-refractivity contribution in [3.63, 3.8) is 0 Å². The number of aliphatic imine (C=N–C) groups is 1. The molecular weight excluding hydrogens is 492 g/mol. The highest BCUT2D eigenvalue weighted by atomic mass is 32.2. The second kappa shape index (κ2) is 11.5. The van der Waals surface area contributed by atoms with E-state index < -0.39 is 10.0 Å². The highest BCUT2D eigenvalue weighted by Gasteiger charge is 2.33. The standard InChI is InChI=1S/C26H40N6O4S/c1-16(24(33)29-13-10-20-14-28-15-31-20)8-7-12-30-25(27)32-37(34,35)23-18(3)17(2)22-21(19(23)4)9-11-26(5,6)36-22/h14-16H,7-13H2,1-6H3,(H,28,31)(H,29,33)(H3,27,30,32)/t16-/m0/s1. The second-order valence-corrected chi connectivity index (χ2v) is 12.0. The van der Waals surface area contributed by atoms with Gasteiger partial charge in [-0.3, -0.25) is 9.79 Å². The lowest BCUT2D eigenvalue weighted by atomic mass is 9.88. The number of carbonyl (C=O) groups excluding carboxylic acids is 1. The number of fused-ring (bicyclic) bond motifs is 1. The molecule has 2 aromatic rings. The molecule has 0 bridgehead atoms. The molecule has 0 saturated heterocycles. The predicted octanol–water partition coefficient (Wildman–Crippen LogP) is 2.81. The summed E-state index contributed by atoms with van der Waals surface area (Å²) in [5.41, 5.74) is 9.69. The van der Waals surface area contributed by atoms with Crippen molar-refractivity contribution in [2.75, 3.05) is 13.1 Å². The molecule has 1 aromatic heterocycles. The fourth-order valence-corrected chi connectivity index (χ4v) is 6.14. The van der Waals surface area contributed by atoms with E-state index in [0.717, 1.165) is 35.4 Å². The number of H-pyrrole nitrogens is 1. The number of nitrogens with two attached hydrogens (primary N) is 1. The van der Waals surface area contributed by atoms with Crippen molar-refractivity contribution < 1.29 is 17.9 Å². The lowest BCUT2D eigenvalue weighted by molar-refractivity contribution is -0.124. The minimum Gasteiger partial charge on any atom is -0.487 e. The molecule has 37 heavy (non-hydrogen) atoms. The summed E-state index contributed by atoms with van der Waals surface area (Å²) in [6, 6.07) is 0. The normalized spacial score (nSPS) is 16.0. The number of amides is 1. The summed E-state index contributed by atoms with van der Waals surface area (Å²) in [6.45, 7) is 12.3. The first-order chi connectivity index (χ1) is 17.3. The minimum absolute atomic E-state index is 0.0294. The van der Waals surface area contributed by atoms with Gasteiger partial charge >= 0.3 is 0 Å². The number of carbonyl (C=O) groups is 1. The number of nitrogens with one attached hydrogen (secondary N) is 3. The molecule has 10 nitrogen and oxygen atoms in total. The molecule has 1 aliphatic rings. The van der Waals surface area contributed by atoms with E-state index in [2.05, 4.69) is 25.0 Å². The fraction of sp³-hybridized carbons (Fsp3) is 0.577. The number of hydrogen-bond acceptors (Lipinski definition) is 6. The summed E-state index contributed by atoms with van der Waals surface area (Å²) < 4.78 is 35.2. The molecule has 2 heterocycles. The van der Waals surface area contributed by atoms with Gasteiger partial charge in [-0.1, -0.05) is 6.92 Å². The van der Waals surface area contributed by atoms with Crippen molar-refractivity contribution in [2.24, 2.45) is 16.6 Å². The van der Waals surface area contributed by atoms with Gasteiger partial charge in [0.2, 0.25) is 11.9 Å². The number of guanidine groups is 1. The monoisotopic (exact) mass is 532 g/mol. The summed E-state index contributed by atoms with van der Waals surface area (Å²) in [4.78, 5) is 23.6. The van der Waals surface area contributed by atoms with Crippen LogP contribution >= 0.6 is 0 Å². The molecule has 1 atom stereocenters. The van der Waals surface area contributed by atoms with Gasteiger partial charge in [0.1, 0.15) is 11.4 Å². The zero-order valence-corrected chi connectivity index (χ0v) is 23.5. The van der Waals surface area contributed by atoms with Crippen molar-refractivity contribution in [1.82, 2.24) is 20.0 Å². The summed E-state index contributed by atoms with van der Waals surface area (Å²) >= 11 is 0. The number of rotatable bonds is 10. The Kier molecular flexibility index (Phi) is 8.88. The van der Waals surface area contributed by atoms with Crippen LogP contribution in [-0.2, 0) is 27.7 Å². The number of imidazole rings is 1. The van der Waals surface area contributed by atoms with Crippen LogP contribution in [-0.4, -0.2) is 48.9 Å². The Bertz CT molecular complexity index is 1250. The van der Waals surface area contributed by atoms with Crippen LogP contribution < -0.4 is 20.5 Å². The van der Waals surface area contributed by atoms with Gasteiger partial charge in [0.25, 0.3) is 10.0 Å². The number of aromatic nitrogens is 2. The van der Waals surface area contributed by atoms with Gasteiger partial charge in [-0.15, -0.1) is 0 Å². The third-order valence-corrected chi connectivity index (χ3v) is 8.58. The first-order valence-corrected chi connectivity index (χ1v) is 14.2. The maximum absolute atomic E-state index is 13.3. The smallest absolute Gasteiger partial charge is 0.264 e. The molecule has 204 valence electrons. The van der Waals surface area contributed by atoms with Gasteiger partial charge in [0, 0.05) is 37.3 Å². The lowest BCUT2D eigenvalue weighted by Crippen LogP contribution is -2.38. The lowest BCUT2D eigenvalue weighted by Gasteiger charge is -2.35. The molecule has 11 heteroatoms. The predicted molar refractivity (Wildman–Crippen MR) is 144 cm³/mol. The summed E-state index contributed by atoms with van der Waals surface area (Å²) in [5, 5.41) is 2.91. The van der Waals surface area contributed by atoms with Gasteiger partial charge in [0.05, 0.1) is 11.2 Å². The number of benzene rings is 1. The first kappa shape index (κ1) is 28.5. The quantitative estimate of drug-likeness (QED) is 0.210. The Morgan fingerprint density at radius 2 is 2.00 bits per heavy atom. The zero-order chi connectivity index (χ0) is 27.4. The Balaban J connectivity index is 1.56. The van der Waals surface area contributed by atoms with Crippen molar-refractivity contribution in [3.8, 4) is 5.75 Å². The van der Waals surface area contributed by atoms with Crippen molar-refractivity contribution in [3.05, 3.63) is 40.5 Å². The molecule has 1 aliphatic heterocycles. The van der Waals surface area contributed by atoms with Gasteiger partial charge < -0.3 is 20.8 Å². The van der Waals surface area contributed by atoms with Crippen molar-refractivity contribution in [1.29, 1.82) is 0 Å². The highest BCUT2D eigenvalue weighted by molar-refractivity contribution is 7.90. The van der Waals surface area contributed by atoms with Crippen LogP contribution in [0.3, 0.4) is 0 Å². The number of sulfonamides is 1. The molecule has 0 saturated carbocycles. The SMILES string of the molecule is Cc1c(C)c(S(=O)(=O)NC(N)=NCCC[C@H](C)C(=O)NCCc2cnc[nH]2)c(C)c2c1OC(C)(C)CC2. The van der Waals surface area contributed by atoms with Crippen LogP contribution in [0, 0.1) is 26.7 Å². The summed E-state index contributed by atoms with van der Waals surface area (Å²) in [7, 11) is -3.93. The molecule has 0 unspecified atom stereocenters. The Morgan fingerprint density at radius 3 is 2.68 bits per heavy atom. The highest BCUT2D eigenvalue weighted by Crippen LogP contribution is 2.42. The maximum atomic E-state index is 13.3. The van der Waals surface area contributed by atoms with Crippen molar-refractivity contribution in [2.45, 2.75) is 84.1 Å². The summed E-state index contributed by atoms with van der Waals surface area (Å²) in [5.74, 6) is 0.402. The molecule has 0 spiro atoms. The average molecular weight is 533 g/mol. The molecule has 0 radical (unpaired) electrons. The molecule has 1 aromatic carbocycles. The summed E-state index contributed by atoms with van der Waals surface area (Å²) in [6.07, 6.45) is 6.79. The van der Waals surface area contributed by atoms with Gasteiger partial charge in [-0.2, -0.15) is 0 Å². The van der Waals surface area contributed by atoms with E-state index >= 15 is 0 Å². The maximum Gasteiger partial charge on any atom is 0.264 e. The van der Waals surface area contributed by atoms with E-state index in [4.69, 9.17) is 10.5 Å². The van der Waals surface area contributed by atoms with Gasteiger partial charge in [0.15, 0.2) is 0 Å². The third-order valence-electron chi connectivity index (χ3n) is 6.95. The molecular formula is C26H40N6O4S. The first-order valence-electron chi connectivity index (χ1n) is 12.7. The topological polar surface area (TPSA) is 152 Å². The molecule has 1 amide bonds. The number of hydrogen-bond donors (Lipinski definition) is 4. The van der Waals surface area contributed by atoms with Gasteiger partial charge in [-0.25, -0.2) is 18.1 Å². The molecule has 0 fully saturated rings. The van der Waals surface area contributed by atoms with Crippen LogP contribution in [0.25, 0.3) is 0 Å². The molecule has 3 rings (SSSR count). The van der Waals surface area contributed by atoms with E-state index in [9.17, 15) is 13.2 Å². The van der Waals surface area contributed by atoms with Gasteiger partial charge in [-0.05, 0) is 82.6 Å². The second-order valence-electron chi connectivity index (χ2n) is 10.4. The Morgan fingerprint density at radius 1 is 1.27 bits per heavy atom. The Labute approximate surface area is 219 Å². The van der Waals surface area contributed by atoms with Crippen LogP contribution in [0.4, 0.5) is 0 Å². The number of aromatic amines is 1.